The van der Waals surface area contributed by atoms with Crippen molar-refractivity contribution in [3.63, 3.8) is 0 Å². The van der Waals surface area contributed by atoms with Crippen molar-refractivity contribution in [1.29, 1.82) is 0 Å². The monoisotopic (exact) mass is 283 g/mol. The molecule has 1 N–H and O–H groups in total. The van der Waals surface area contributed by atoms with E-state index in [-0.39, 0.29) is 5.56 Å². The average molecular weight is 284 g/mol. The zero-order valence-corrected chi connectivity index (χ0v) is 10.4. The first kappa shape index (κ1) is 11.1. The maximum Gasteiger partial charge on any atom is 0.342 e. The second-order valence-corrected chi connectivity index (χ2v) is 4.20. The van der Waals surface area contributed by atoms with Crippen LogP contribution in [0.3, 0.4) is 0 Å². The second kappa shape index (κ2) is 3.86. The van der Waals surface area contributed by atoms with Gasteiger partial charge in [0.25, 0.3) is 0 Å². The smallest absolute Gasteiger partial charge is 0.342 e. The Morgan fingerprint density at radius 1 is 1.62 bits per heavy atom. The molecule has 0 atom stereocenters. The zero-order chi connectivity index (χ0) is 11.9. The number of aryl methyl sites for hydroxylation is 2. The lowest BCUT2D eigenvalue weighted by molar-refractivity contribution is 0.0698. The van der Waals surface area contributed by atoms with Crippen LogP contribution in [0.5, 0.6) is 0 Å². The molecule has 0 aliphatic heterocycles. The third-order valence-corrected chi connectivity index (χ3v) is 3.01. The molecule has 6 heteroatoms. The van der Waals surface area contributed by atoms with Crippen LogP contribution in [0.25, 0.3) is 5.65 Å². The van der Waals surface area contributed by atoms with Crippen molar-refractivity contribution in [2.45, 2.75) is 20.3 Å². The SMILES string of the molecule is CCc1cn2nc(Br)c(C(=O)O)c2nc1C. The molecule has 0 saturated heterocycles. The van der Waals surface area contributed by atoms with Crippen molar-refractivity contribution in [1.82, 2.24) is 14.6 Å². The fourth-order valence-corrected chi connectivity index (χ4v) is 2.12. The molecule has 0 amide bonds. The van der Waals surface area contributed by atoms with E-state index >= 15 is 0 Å². The standard InChI is InChI=1S/C10H10BrN3O2/c1-3-6-4-14-9(12-5(6)2)7(10(15)16)8(11)13-14/h4H,3H2,1-2H3,(H,15,16). The van der Waals surface area contributed by atoms with Crippen molar-refractivity contribution < 1.29 is 9.90 Å². The summed E-state index contributed by atoms with van der Waals surface area (Å²) in [5.74, 6) is -1.03. The molecule has 0 aliphatic rings. The van der Waals surface area contributed by atoms with Gasteiger partial charge in [-0.25, -0.2) is 14.3 Å². The van der Waals surface area contributed by atoms with Crippen LogP contribution in [0.2, 0.25) is 0 Å². The van der Waals surface area contributed by atoms with Gasteiger partial charge in [0.2, 0.25) is 0 Å². The van der Waals surface area contributed by atoms with Crippen LogP contribution in [0, 0.1) is 6.92 Å². The van der Waals surface area contributed by atoms with Crippen LogP contribution in [0.15, 0.2) is 10.8 Å². The number of aromatic carboxylic acids is 1. The van der Waals surface area contributed by atoms with Crippen LogP contribution >= 0.6 is 15.9 Å². The summed E-state index contributed by atoms with van der Waals surface area (Å²) < 4.78 is 1.81. The molecule has 0 aliphatic carbocycles. The van der Waals surface area contributed by atoms with Gasteiger partial charge in [-0.15, -0.1) is 0 Å². The molecule has 84 valence electrons. The van der Waals surface area contributed by atoms with Gasteiger partial charge in [0.15, 0.2) is 5.65 Å². The number of halogens is 1. The highest BCUT2D eigenvalue weighted by molar-refractivity contribution is 9.10. The van der Waals surface area contributed by atoms with E-state index in [1.165, 1.54) is 4.52 Å². The highest BCUT2D eigenvalue weighted by Gasteiger charge is 2.19. The minimum Gasteiger partial charge on any atom is -0.477 e. The second-order valence-electron chi connectivity index (χ2n) is 3.44. The van der Waals surface area contributed by atoms with Gasteiger partial charge in [-0.05, 0) is 34.8 Å². The van der Waals surface area contributed by atoms with Crippen LogP contribution < -0.4 is 0 Å². The molecule has 2 aromatic heterocycles. The third-order valence-electron chi connectivity index (χ3n) is 2.45. The van der Waals surface area contributed by atoms with Crippen molar-refractivity contribution >= 4 is 27.5 Å². The van der Waals surface area contributed by atoms with Gasteiger partial charge in [0, 0.05) is 11.9 Å². The summed E-state index contributed by atoms with van der Waals surface area (Å²) in [6, 6.07) is 0. The Balaban J connectivity index is 2.81. The molecular weight excluding hydrogens is 274 g/mol. The van der Waals surface area contributed by atoms with E-state index in [0.29, 0.717) is 10.3 Å². The summed E-state index contributed by atoms with van der Waals surface area (Å²) in [5.41, 5.74) is 2.36. The number of hydrogen-bond donors (Lipinski definition) is 1. The molecule has 0 aromatic carbocycles. The number of hydrogen-bond acceptors (Lipinski definition) is 3. The predicted molar refractivity (Wildman–Crippen MR) is 61.8 cm³/mol. The minimum atomic E-state index is -1.03. The quantitative estimate of drug-likeness (QED) is 0.916. The molecule has 2 aromatic rings. The van der Waals surface area contributed by atoms with Crippen molar-refractivity contribution in [3.05, 3.63) is 27.6 Å². The molecule has 0 radical (unpaired) electrons. The molecule has 2 rings (SSSR count). The molecule has 5 nitrogen and oxygen atoms in total. The molecule has 2 heterocycles. The fraction of sp³-hybridized carbons (Fsp3) is 0.300. The molecule has 0 spiro atoms. The number of carbonyl (C=O) groups is 1. The molecular formula is C10H10BrN3O2. The van der Waals surface area contributed by atoms with Crippen LogP contribution in [-0.2, 0) is 6.42 Å². The van der Waals surface area contributed by atoms with Gasteiger partial charge in [0.05, 0.1) is 0 Å². The average Bonchev–Trinajstić information content (AvgIpc) is 2.51. The number of carboxylic acids is 1. The van der Waals surface area contributed by atoms with Gasteiger partial charge >= 0.3 is 5.97 Å². The van der Waals surface area contributed by atoms with Crippen LogP contribution in [0.1, 0.15) is 28.5 Å². The summed E-state index contributed by atoms with van der Waals surface area (Å²) in [4.78, 5) is 15.3. The molecule has 0 bridgehead atoms. The van der Waals surface area contributed by atoms with E-state index in [1.807, 2.05) is 20.0 Å². The molecule has 0 fully saturated rings. The van der Waals surface area contributed by atoms with Gasteiger partial charge in [0.1, 0.15) is 10.2 Å². The number of fused-ring (bicyclic) bond motifs is 1. The third kappa shape index (κ3) is 1.59. The Morgan fingerprint density at radius 3 is 2.88 bits per heavy atom. The predicted octanol–water partition coefficient (Wildman–Crippen LogP) is 2.06. The van der Waals surface area contributed by atoms with Crippen LogP contribution in [-0.4, -0.2) is 25.7 Å². The van der Waals surface area contributed by atoms with Crippen molar-refractivity contribution in [2.24, 2.45) is 0 Å². The normalized spacial score (nSPS) is 10.9. The first-order chi connectivity index (χ1) is 7.54. The first-order valence-electron chi connectivity index (χ1n) is 4.82. The number of carboxylic acid groups (broad SMARTS) is 1. The fourth-order valence-electron chi connectivity index (χ4n) is 1.60. The van der Waals surface area contributed by atoms with E-state index in [2.05, 4.69) is 26.0 Å². The van der Waals surface area contributed by atoms with Crippen molar-refractivity contribution in [2.75, 3.05) is 0 Å². The molecule has 16 heavy (non-hydrogen) atoms. The Hall–Kier alpha value is -1.43. The van der Waals surface area contributed by atoms with E-state index < -0.39 is 5.97 Å². The highest BCUT2D eigenvalue weighted by atomic mass is 79.9. The van der Waals surface area contributed by atoms with E-state index in [0.717, 1.165) is 17.7 Å². The lowest BCUT2D eigenvalue weighted by Gasteiger charge is -2.02. The number of rotatable bonds is 2. The summed E-state index contributed by atoms with van der Waals surface area (Å²) in [6.45, 7) is 3.89. The van der Waals surface area contributed by atoms with Gasteiger partial charge in [-0.1, -0.05) is 6.92 Å². The van der Waals surface area contributed by atoms with E-state index in [9.17, 15) is 4.79 Å². The summed E-state index contributed by atoms with van der Waals surface area (Å²) in [7, 11) is 0. The minimum absolute atomic E-state index is 0.103. The van der Waals surface area contributed by atoms with E-state index in [4.69, 9.17) is 5.11 Å². The summed E-state index contributed by atoms with van der Waals surface area (Å²) in [6.07, 6.45) is 2.66. The summed E-state index contributed by atoms with van der Waals surface area (Å²) >= 11 is 3.13. The molecule has 0 unspecified atom stereocenters. The largest absolute Gasteiger partial charge is 0.477 e. The zero-order valence-electron chi connectivity index (χ0n) is 8.86. The van der Waals surface area contributed by atoms with Crippen LogP contribution in [0.4, 0.5) is 0 Å². The van der Waals surface area contributed by atoms with Gasteiger partial charge in [-0.3, -0.25) is 0 Å². The molecule has 0 saturated carbocycles. The summed E-state index contributed by atoms with van der Waals surface area (Å²) in [5, 5.41) is 13.1. The number of nitrogens with zero attached hydrogens (tertiary/aromatic N) is 3. The Labute approximate surface area is 100 Å². The van der Waals surface area contributed by atoms with Crippen molar-refractivity contribution in [3.8, 4) is 0 Å². The number of aromatic nitrogens is 3. The topological polar surface area (TPSA) is 67.5 Å². The Kier molecular flexibility index (Phi) is 2.67. The highest BCUT2D eigenvalue weighted by Crippen LogP contribution is 2.20. The first-order valence-corrected chi connectivity index (χ1v) is 5.61. The lowest BCUT2D eigenvalue weighted by atomic mass is 10.2. The lowest BCUT2D eigenvalue weighted by Crippen LogP contribution is -2.02. The maximum absolute atomic E-state index is 11.0. The van der Waals surface area contributed by atoms with Gasteiger partial charge < -0.3 is 5.11 Å². The Morgan fingerprint density at radius 2 is 2.31 bits per heavy atom. The van der Waals surface area contributed by atoms with E-state index in [1.54, 1.807) is 0 Å². The maximum atomic E-state index is 11.0. The van der Waals surface area contributed by atoms with Gasteiger partial charge in [-0.2, -0.15) is 5.10 Å². The Bertz CT molecular complexity index is 577.